The number of rotatable bonds is 6. The zero-order valence-electron chi connectivity index (χ0n) is 10.8. The molecule has 0 rings (SSSR count). The molecule has 0 aromatic heterocycles. The lowest BCUT2D eigenvalue weighted by molar-refractivity contribution is -0.122. The molecule has 0 aliphatic carbocycles. The van der Waals surface area contributed by atoms with Gasteiger partial charge >= 0.3 is 0 Å². The van der Waals surface area contributed by atoms with Crippen molar-refractivity contribution in [2.75, 3.05) is 13.2 Å². The lowest BCUT2D eigenvalue weighted by Gasteiger charge is -2.13. The van der Waals surface area contributed by atoms with Gasteiger partial charge in [0.05, 0.1) is 0 Å². The minimum absolute atomic E-state index is 0.0851. The highest BCUT2D eigenvalue weighted by Gasteiger charge is 2.08. The molecule has 3 nitrogen and oxygen atoms in total. The van der Waals surface area contributed by atoms with Crippen molar-refractivity contribution >= 4 is 5.91 Å². The summed E-state index contributed by atoms with van der Waals surface area (Å²) in [5, 5.41) is 11.7. The third kappa shape index (κ3) is 11.4. The lowest BCUT2D eigenvalue weighted by Crippen LogP contribution is -2.31. The van der Waals surface area contributed by atoms with Gasteiger partial charge in [-0.3, -0.25) is 4.79 Å². The van der Waals surface area contributed by atoms with E-state index < -0.39 is 0 Å². The maximum Gasteiger partial charge on any atom is 0.220 e. The van der Waals surface area contributed by atoms with Crippen LogP contribution in [-0.4, -0.2) is 24.2 Å². The van der Waals surface area contributed by atoms with Crippen LogP contribution in [0.25, 0.3) is 0 Å². The summed E-state index contributed by atoms with van der Waals surface area (Å²) in [5.41, 5.74) is 0. The SMILES string of the molecule is CC.CCC(CO)CNC(=O)CC(C)C. The Bertz CT molecular complexity index is 143. The van der Waals surface area contributed by atoms with Crippen molar-refractivity contribution in [3.05, 3.63) is 0 Å². The molecular formula is C12H27NO2. The van der Waals surface area contributed by atoms with E-state index in [1.807, 2.05) is 34.6 Å². The van der Waals surface area contributed by atoms with Crippen molar-refractivity contribution in [1.82, 2.24) is 5.32 Å². The summed E-state index contributed by atoms with van der Waals surface area (Å²) in [6, 6.07) is 0. The lowest BCUT2D eigenvalue weighted by atomic mass is 10.1. The molecule has 0 bridgehead atoms. The zero-order valence-corrected chi connectivity index (χ0v) is 10.8. The molecule has 2 N–H and O–H groups in total. The van der Waals surface area contributed by atoms with Crippen LogP contribution in [0.1, 0.15) is 47.5 Å². The second kappa shape index (κ2) is 11.5. The summed E-state index contributed by atoms with van der Waals surface area (Å²) >= 11 is 0. The smallest absolute Gasteiger partial charge is 0.220 e. The average molecular weight is 217 g/mol. The highest BCUT2D eigenvalue weighted by atomic mass is 16.3. The Balaban J connectivity index is 0. The van der Waals surface area contributed by atoms with E-state index in [0.29, 0.717) is 18.9 Å². The molecule has 0 aliphatic rings. The van der Waals surface area contributed by atoms with E-state index in [0.717, 1.165) is 6.42 Å². The van der Waals surface area contributed by atoms with Crippen LogP contribution in [0.4, 0.5) is 0 Å². The van der Waals surface area contributed by atoms with Crippen LogP contribution in [0, 0.1) is 11.8 Å². The van der Waals surface area contributed by atoms with Gasteiger partial charge in [0.1, 0.15) is 0 Å². The summed E-state index contributed by atoms with van der Waals surface area (Å²) in [6.45, 7) is 10.8. The normalized spacial score (nSPS) is 11.7. The van der Waals surface area contributed by atoms with Crippen molar-refractivity contribution in [2.45, 2.75) is 47.5 Å². The first-order valence-corrected chi connectivity index (χ1v) is 5.97. The first-order chi connectivity index (χ1) is 7.10. The Morgan fingerprint density at radius 3 is 2.20 bits per heavy atom. The van der Waals surface area contributed by atoms with Gasteiger partial charge in [0.2, 0.25) is 5.91 Å². The summed E-state index contributed by atoms with van der Waals surface area (Å²) < 4.78 is 0. The van der Waals surface area contributed by atoms with Gasteiger partial charge in [0, 0.05) is 19.6 Å². The monoisotopic (exact) mass is 217 g/mol. The van der Waals surface area contributed by atoms with Crippen LogP contribution in [-0.2, 0) is 4.79 Å². The van der Waals surface area contributed by atoms with Gasteiger partial charge in [0.15, 0.2) is 0 Å². The maximum absolute atomic E-state index is 11.2. The van der Waals surface area contributed by atoms with Gasteiger partial charge in [-0.1, -0.05) is 34.6 Å². The molecule has 0 heterocycles. The van der Waals surface area contributed by atoms with Gasteiger partial charge in [0.25, 0.3) is 0 Å². The third-order valence-electron chi connectivity index (χ3n) is 2.02. The fraction of sp³-hybridized carbons (Fsp3) is 0.917. The quantitative estimate of drug-likeness (QED) is 0.716. The van der Waals surface area contributed by atoms with Crippen LogP contribution < -0.4 is 5.32 Å². The molecule has 0 spiro atoms. The van der Waals surface area contributed by atoms with Gasteiger partial charge in [-0.2, -0.15) is 0 Å². The van der Waals surface area contributed by atoms with Gasteiger partial charge < -0.3 is 10.4 Å². The van der Waals surface area contributed by atoms with Crippen molar-refractivity contribution in [3.63, 3.8) is 0 Å². The molecule has 3 heteroatoms. The number of carbonyl (C=O) groups excluding carboxylic acids is 1. The van der Waals surface area contributed by atoms with Crippen LogP contribution in [0.5, 0.6) is 0 Å². The molecule has 1 amide bonds. The predicted octanol–water partition coefficient (Wildman–Crippen LogP) is 2.19. The predicted molar refractivity (Wildman–Crippen MR) is 64.7 cm³/mol. The van der Waals surface area contributed by atoms with Crippen molar-refractivity contribution in [2.24, 2.45) is 11.8 Å². The number of nitrogens with one attached hydrogen (secondary N) is 1. The number of aliphatic hydroxyl groups is 1. The molecule has 0 saturated carbocycles. The summed E-state index contributed by atoms with van der Waals surface area (Å²) in [7, 11) is 0. The molecule has 92 valence electrons. The van der Waals surface area contributed by atoms with Crippen LogP contribution in [0.3, 0.4) is 0 Å². The summed E-state index contributed by atoms with van der Waals surface area (Å²) in [6.07, 6.45) is 1.47. The third-order valence-corrected chi connectivity index (χ3v) is 2.02. The Morgan fingerprint density at radius 2 is 1.87 bits per heavy atom. The second-order valence-electron chi connectivity index (χ2n) is 3.86. The molecule has 0 aliphatic heterocycles. The van der Waals surface area contributed by atoms with E-state index in [9.17, 15) is 4.79 Å². The largest absolute Gasteiger partial charge is 0.396 e. The maximum atomic E-state index is 11.2. The first-order valence-electron chi connectivity index (χ1n) is 5.97. The van der Waals surface area contributed by atoms with E-state index in [1.165, 1.54) is 0 Å². The van der Waals surface area contributed by atoms with Crippen molar-refractivity contribution in [1.29, 1.82) is 0 Å². The molecule has 0 saturated heterocycles. The molecule has 1 atom stereocenters. The van der Waals surface area contributed by atoms with Crippen molar-refractivity contribution in [3.8, 4) is 0 Å². The Morgan fingerprint density at radius 1 is 1.33 bits per heavy atom. The number of carbonyl (C=O) groups is 1. The van der Waals surface area contributed by atoms with E-state index >= 15 is 0 Å². The first kappa shape index (κ1) is 16.8. The number of hydrogen-bond donors (Lipinski definition) is 2. The van der Waals surface area contributed by atoms with E-state index in [4.69, 9.17) is 5.11 Å². The topological polar surface area (TPSA) is 49.3 Å². The number of hydrogen-bond acceptors (Lipinski definition) is 2. The molecule has 15 heavy (non-hydrogen) atoms. The molecular weight excluding hydrogens is 190 g/mol. The Labute approximate surface area is 94.3 Å². The van der Waals surface area contributed by atoms with Gasteiger partial charge in [-0.15, -0.1) is 0 Å². The number of amides is 1. The Hall–Kier alpha value is -0.570. The summed E-state index contributed by atoms with van der Waals surface area (Å²) in [5.74, 6) is 0.687. The van der Waals surface area contributed by atoms with E-state index in [2.05, 4.69) is 5.32 Å². The molecule has 1 unspecified atom stereocenters. The Kier molecular flexibility index (Phi) is 12.9. The van der Waals surface area contributed by atoms with E-state index in [1.54, 1.807) is 0 Å². The number of aliphatic hydroxyl groups excluding tert-OH is 1. The molecule has 0 aromatic rings. The zero-order chi connectivity index (χ0) is 12.3. The molecule has 0 aromatic carbocycles. The fourth-order valence-electron chi connectivity index (χ4n) is 1.04. The standard InChI is InChI=1S/C10H21NO2.C2H6/c1-4-9(7-12)6-11-10(13)5-8(2)3;1-2/h8-9,12H,4-7H2,1-3H3,(H,11,13);1-2H3. The fourth-order valence-corrected chi connectivity index (χ4v) is 1.04. The minimum atomic E-state index is 0.0851. The van der Waals surface area contributed by atoms with Crippen LogP contribution in [0.2, 0.25) is 0 Å². The van der Waals surface area contributed by atoms with E-state index in [-0.39, 0.29) is 18.4 Å². The highest BCUT2D eigenvalue weighted by Crippen LogP contribution is 2.01. The van der Waals surface area contributed by atoms with Gasteiger partial charge in [-0.05, 0) is 18.3 Å². The van der Waals surface area contributed by atoms with Gasteiger partial charge in [-0.25, -0.2) is 0 Å². The average Bonchev–Trinajstić information content (AvgIpc) is 2.21. The van der Waals surface area contributed by atoms with Crippen molar-refractivity contribution < 1.29 is 9.90 Å². The van der Waals surface area contributed by atoms with Crippen LogP contribution in [0.15, 0.2) is 0 Å². The summed E-state index contributed by atoms with van der Waals surface area (Å²) in [4.78, 5) is 11.2. The molecule has 0 fully saturated rings. The molecule has 0 radical (unpaired) electrons. The van der Waals surface area contributed by atoms with Crippen LogP contribution >= 0.6 is 0 Å². The second-order valence-corrected chi connectivity index (χ2v) is 3.86. The highest BCUT2D eigenvalue weighted by molar-refractivity contribution is 5.76. The minimum Gasteiger partial charge on any atom is -0.396 e.